The van der Waals surface area contributed by atoms with Gasteiger partial charge in [-0.15, -0.1) is 0 Å². The zero-order valence-corrected chi connectivity index (χ0v) is 15.9. The van der Waals surface area contributed by atoms with Crippen molar-refractivity contribution < 1.29 is 9.53 Å². The summed E-state index contributed by atoms with van der Waals surface area (Å²) in [7, 11) is 0. The Morgan fingerprint density at radius 1 is 1.16 bits per heavy atom. The van der Waals surface area contributed by atoms with Gasteiger partial charge in [0.25, 0.3) is 0 Å². The summed E-state index contributed by atoms with van der Waals surface area (Å²) < 4.78 is 5.68. The number of nitrogens with one attached hydrogen (secondary N) is 2. The molecule has 1 aromatic rings. The summed E-state index contributed by atoms with van der Waals surface area (Å²) in [5.74, 6) is 0.789. The minimum atomic E-state index is -0.0599. The average Bonchev–Trinajstić information content (AvgIpc) is 2.61. The van der Waals surface area contributed by atoms with Crippen molar-refractivity contribution in [2.75, 3.05) is 31.6 Å². The van der Waals surface area contributed by atoms with Crippen LogP contribution in [-0.4, -0.2) is 42.2 Å². The maximum absolute atomic E-state index is 12.0. The Labute approximate surface area is 156 Å². The van der Waals surface area contributed by atoms with Gasteiger partial charge in [0.2, 0.25) is 5.91 Å². The molecule has 25 heavy (non-hydrogen) atoms. The fraction of sp³-hybridized carbons (Fsp3) is 0.579. The van der Waals surface area contributed by atoms with Gasteiger partial charge < -0.3 is 15.4 Å². The van der Waals surface area contributed by atoms with Gasteiger partial charge in [-0.25, -0.2) is 0 Å². The molecule has 0 aromatic heterocycles. The van der Waals surface area contributed by atoms with Gasteiger partial charge in [-0.3, -0.25) is 9.69 Å². The van der Waals surface area contributed by atoms with Gasteiger partial charge in [0, 0.05) is 5.69 Å². The average molecular weight is 364 g/mol. The number of ether oxygens (including phenoxy) is 1. The lowest BCUT2D eigenvalue weighted by Crippen LogP contribution is -2.43. The molecule has 0 radical (unpaired) electrons. The highest BCUT2D eigenvalue weighted by Crippen LogP contribution is 2.16. The Morgan fingerprint density at radius 2 is 1.88 bits per heavy atom. The van der Waals surface area contributed by atoms with Gasteiger partial charge in [-0.05, 0) is 68.8 Å². The third-order valence-electron chi connectivity index (χ3n) is 4.20. The minimum absolute atomic E-state index is 0.0599. The molecule has 0 spiro atoms. The third-order valence-corrected chi connectivity index (χ3v) is 4.40. The van der Waals surface area contributed by atoms with Gasteiger partial charge in [-0.2, -0.15) is 0 Å². The van der Waals surface area contributed by atoms with E-state index in [0.717, 1.165) is 37.6 Å². The van der Waals surface area contributed by atoms with Crippen molar-refractivity contribution in [3.05, 3.63) is 24.3 Å². The van der Waals surface area contributed by atoms with E-state index in [0.29, 0.717) is 11.7 Å². The van der Waals surface area contributed by atoms with Crippen LogP contribution in [0.1, 0.15) is 45.4 Å². The zero-order valence-electron chi connectivity index (χ0n) is 15.1. The second-order valence-electron chi connectivity index (χ2n) is 6.42. The van der Waals surface area contributed by atoms with Gasteiger partial charge in [0.05, 0.1) is 13.2 Å². The van der Waals surface area contributed by atoms with E-state index in [-0.39, 0.29) is 5.91 Å². The largest absolute Gasteiger partial charge is 0.494 e. The van der Waals surface area contributed by atoms with Gasteiger partial charge in [0.15, 0.2) is 5.11 Å². The first kappa shape index (κ1) is 19.7. The number of amides is 1. The lowest BCUT2D eigenvalue weighted by Gasteiger charge is -2.25. The molecule has 1 heterocycles. The Kier molecular flexibility index (Phi) is 8.69. The topological polar surface area (TPSA) is 53.6 Å². The van der Waals surface area contributed by atoms with E-state index >= 15 is 0 Å². The summed E-state index contributed by atoms with van der Waals surface area (Å²) in [6.45, 7) is 5.31. The predicted octanol–water partition coefficient (Wildman–Crippen LogP) is 3.55. The highest BCUT2D eigenvalue weighted by atomic mass is 32.1. The lowest BCUT2D eigenvalue weighted by molar-refractivity contribution is -0.121. The molecule has 1 amide bonds. The van der Waals surface area contributed by atoms with Crippen LogP contribution in [0.4, 0.5) is 5.69 Å². The van der Waals surface area contributed by atoms with Crippen LogP contribution in [0.2, 0.25) is 0 Å². The molecule has 0 atom stereocenters. The number of thiocarbonyl (C=S) groups is 1. The van der Waals surface area contributed by atoms with Crippen LogP contribution in [-0.2, 0) is 4.79 Å². The van der Waals surface area contributed by atoms with Crippen molar-refractivity contribution in [1.82, 2.24) is 10.2 Å². The summed E-state index contributed by atoms with van der Waals surface area (Å²) in [6.07, 6.45) is 7.05. The number of likely N-dealkylation sites (tertiary alicyclic amines) is 1. The Morgan fingerprint density at radius 3 is 2.56 bits per heavy atom. The molecule has 1 saturated heterocycles. The normalized spacial score (nSPS) is 14.8. The molecular formula is C19H29N3O2S. The van der Waals surface area contributed by atoms with Crippen LogP contribution in [0.25, 0.3) is 0 Å². The van der Waals surface area contributed by atoms with Crippen molar-refractivity contribution >= 4 is 28.9 Å². The molecule has 0 unspecified atom stereocenters. The van der Waals surface area contributed by atoms with Crippen LogP contribution in [0.5, 0.6) is 5.75 Å². The van der Waals surface area contributed by atoms with Crippen LogP contribution in [0, 0.1) is 0 Å². The van der Waals surface area contributed by atoms with Crippen molar-refractivity contribution in [2.45, 2.75) is 45.4 Å². The summed E-state index contributed by atoms with van der Waals surface area (Å²) in [5.41, 5.74) is 0.837. The molecule has 0 bridgehead atoms. The molecule has 0 aliphatic carbocycles. The molecule has 5 nitrogen and oxygen atoms in total. The van der Waals surface area contributed by atoms with Crippen molar-refractivity contribution in [3.63, 3.8) is 0 Å². The number of carbonyl (C=O) groups excluding carboxylic acids is 1. The number of unbranched alkanes of at least 4 members (excludes halogenated alkanes) is 2. The van der Waals surface area contributed by atoms with Crippen LogP contribution in [0.15, 0.2) is 24.3 Å². The lowest BCUT2D eigenvalue weighted by atomic mass is 10.1. The number of hydrogen-bond donors (Lipinski definition) is 2. The Hall–Kier alpha value is -1.66. The van der Waals surface area contributed by atoms with Crippen molar-refractivity contribution in [3.8, 4) is 5.75 Å². The highest BCUT2D eigenvalue weighted by molar-refractivity contribution is 7.80. The predicted molar refractivity (Wildman–Crippen MR) is 106 cm³/mol. The number of piperidine rings is 1. The summed E-state index contributed by atoms with van der Waals surface area (Å²) in [5, 5.41) is 6.12. The quantitative estimate of drug-likeness (QED) is 0.546. The fourth-order valence-electron chi connectivity index (χ4n) is 2.83. The van der Waals surface area contributed by atoms with Crippen molar-refractivity contribution in [2.24, 2.45) is 0 Å². The molecule has 0 saturated carbocycles. The third kappa shape index (κ3) is 7.84. The first-order valence-electron chi connectivity index (χ1n) is 9.23. The van der Waals surface area contributed by atoms with Crippen LogP contribution < -0.4 is 15.4 Å². The maximum Gasteiger partial charge on any atom is 0.240 e. The van der Waals surface area contributed by atoms with Gasteiger partial charge in [-0.1, -0.05) is 26.2 Å². The SMILES string of the molecule is CCCCCOc1ccc(NC(=S)NC(=O)CN2CCCCC2)cc1. The fourth-order valence-corrected chi connectivity index (χ4v) is 3.06. The number of anilines is 1. The summed E-state index contributed by atoms with van der Waals surface area (Å²) in [6, 6.07) is 7.62. The maximum atomic E-state index is 12.0. The van der Waals surface area contributed by atoms with E-state index in [4.69, 9.17) is 17.0 Å². The van der Waals surface area contributed by atoms with E-state index in [2.05, 4.69) is 22.5 Å². The Balaban J connectivity index is 1.69. The van der Waals surface area contributed by atoms with Gasteiger partial charge in [0.1, 0.15) is 5.75 Å². The first-order valence-corrected chi connectivity index (χ1v) is 9.64. The van der Waals surface area contributed by atoms with Gasteiger partial charge >= 0.3 is 0 Å². The molecule has 1 aromatic carbocycles. The summed E-state index contributed by atoms with van der Waals surface area (Å²) in [4.78, 5) is 14.2. The Bertz CT molecular complexity index is 542. The number of hydrogen-bond acceptors (Lipinski definition) is 4. The molecule has 138 valence electrons. The molecule has 1 aliphatic rings. The standard InChI is InChI=1S/C19H29N3O2S/c1-2-3-7-14-24-17-10-8-16(9-11-17)20-19(25)21-18(23)15-22-12-5-4-6-13-22/h8-11H,2-7,12-15H2,1H3,(H2,20,21,23,25). The highest BCUT2D eigenvalue weighted by Gasteiger charge is 2.14. The van der Waals surface area contributed by atoms with E-state index in [9.17, 15) is 4.79 Å². The van der Waals surface area contributed by atoms with E-state index < -0.39 is 0 Å². The molecule has 1 aliphatic heterocycles. The second-order valence-corrected chi connectivity index (χ2v) is 6.83. The number of nitrogens with zero attached hydrogens (tertiary/aromatic N) is 1. The first-order chi connectivity index (χ1) is 12.2. The number of carbonyl (C=O) groups is 1. The minimum Gasteiger partial charge on any atom is -0.494 e. The smallest absolute Gasteiger partial charge is 0.240 e. The second kappa shape index (κ2) is 11.1. The van der Waals surface area contributed by atoms with E-state index in [1.165, 1.54) is 32.1 Å². The summed E-state index contributed by atoms with van der Waals surface area (Å²) >= 11 is 5.22. The molecule has 2 N–H and O–H groups in total. The van der Waals surface area contributed by atoms with Crippen molar-refractivity contribution in [1.29, 1.82) is 0 Å². The van der Waals surface area contributed by atoms with E-state index in [1.54, 1.807) is 0 Å². The van der Waals surface area contributed by atoms with Crippen LogP contribution >= 0.6 is 12.2 Å². The molecule has 1 fully saturated rings. The zero-order chi connectivity index (χ0) is 17.9. The van der Waals surface area contributed by atoms with Crippen LogP contribution in [0.3, 0.4) is 0 Å². The van der Waals surface area contributed by atoms with E-state index in [1.807, 2.05) is 24.3 Å². The molecule has 2 rings (SSSR count). The number of rotatable bonds is 8. The number of benzene rings is 1. The monoisotopic (exact) mass is 363 g/mol. The molecular weight excluding hydrogens is 334 g/mol. The molecule has 6 heteroatoms.